The van der Waals surface area contributed by atoms with Gasteiger partial charge in [-0.25, -0.2) is 14.6 Å². The molecule has 1 aliphatic heterocycles. The van der Waals surface area contributed by atoms with E-state index in [1.165, 1.54) is 39.1 Å². The fourth-order valence-electron chi connectivity index (χ4n) is 4.44. The predicted molar refractivity (Wildman–Crippen MR) is 134 cm³/mol. The molecule has 1 fully saturated rings. The van der Waals surface area contributed by atoms with Crippen LogP contribution in [0.3, 0.4) is 0 Å². The van der Waals surface area contributed by atoms with E-state index in [9.17, 15) is 19.5 Å². The molecule has 2 N–H and O–H groups in total. The molecule has 1 aliphatic carbocycles. The second-order valence-corrected chi connectivity index (χ2v) is 10.2. The number of alkyl carbamates (subject to hydrolysis) is 1. The van der Waals surface area contributed by atoms with Gasteiger partial charge in [0.1, 0.15) is 18.3 Å². The predicted octanol–water partition coefficient (Wildman–Crippen LogP) is 3.82. The summed E-state index contributed by atoms with van der Waals surface area (Å²) in [7, 11) is 0. The quantitative estimate of drug-likeness (QED) is 0.498. The van der Waals surface area contributed by atoms with E-state index >= 15 is 0 Å². The molecule has 1 atom stereocenters. The van der Waals surface area contributed by atoms with Crippen molar-refractivity contribution in [2.75, 3.05) is 24.8 Å². The Morgan fingerprint density at radius 2 is 1.77 bits per heavy atom. The molecule has 1 saturated heterocycles. The molecule has 0 saturated carbocycles. The Morgan fingerprint density at radius 1 is 1.09 bits per heavy atom. The SMILES string of the molecule is O=C(NCCc1nc(C(=O)N2CSCC2C(=O)O)cs1)OCC1c2ccccc2-c2ccccc21. The van der Waals surface area contributed by atoms with E-state index < -0.39 is 18.1 Å². The number of carbonyl (C=O) groups excluding carboxylic acids is 2. The third-order valence-corrected chi connectivity index (χ3v) is 8.07. The van der Waals surface area contributed by atoms with Gasteiger partial charge in [-0.15, -0.1) is 23.1 Å². The molecule has 10 heteroatoms. The van der Waals surface area contributed by atoms with Gasteiger partial charge in [0, 0.05) is 30.0 Å². The van der Waals surface area contributed by atoms with Crippen molar-refractivity contribution >= 4 is 41.1 Å². The Balaban J connectivity index is 1.12. The molecule has 2 aromatic carbocycles. The van der Waals surface area contributed by atoms with E-state index in [1.807, 2.05) is 24.3 Å². The first kappa shape index (κ1) is 23.4. The number of aliphatic carboxylic acids is 1. The Labute approximate surface area is 210 Å². The average molecular weight is 510 g/mol. The number of amides is 2. The third-order valence-electron chi connectivity index (χ3n) is 6.15. The summed E-state index contributed by atoms with van der Waals surface area (Å²) in [5.74, 6) is -0.673. The molecule has 8 nitrogen and oxygen atoms in total. The summed E-state index contributed by atoms with van der Waals surface area (Å²) in [6.07, 6.45) is -0.0580. The van der Waals surface area contributed by atoms with Crippen LogP contribution in [0.2, 0.25) is 0 Å². The maximum atomic E-state index is 12.6. The van der Waals surface area contributed by atoms with Crippen molar-refractivity contribution in [3.05, 3.63) is 75.7 Å². The van der Waals surface area contributed by atoms with E-state index in [-0.39, 0.29) is 24.1 Å². The fraction of sp³-hybridized carbons (Fsp3) is 0.280. The van der Waals surface area contributed by atoms with Crippen LogP contribution in [0.1, 0.15) is 32.5 Å². The van der Waals surface area contributed by atoms with Gasteiger partial charge in [0.2, 0.25) is 0 Å². The van der Waals surface area contributed by atoms with Crippen LogP contribution < -0.4 is 5.32 Å². The van der Waals surface area contributed by atoms with Crippen molar-refractivity contribution in [3.63, 3.8) is 0 Å². The van der Waals surface area contributed by atoms with Gasteiger partial charge in [-0.2, -0.15) is 0 Å². The van der Waals surface area contributed by atoms with Crippen LogP contribution in [0.4, 0.5) is 4.79 Å². The zero-order valence-corrected chi connectivity index (χ0v) is 20.3. The largest absolute Gasteiger partial charge is 0.480 e. The highest BCUT2D eigenvalue weighted by Crippen LogP contribution is 2.44. The summed E-state index contributed by atoms with van der Waals surface area (Å²) in [6.45, 7) is 0.559. The standard InChI is InChI=1S/C25H23N3O5S2/c29-23(28-14-34-13-21(28)24(30)31)20-12-35-22(27-20)9-10-26-25(32)33-11-19-17-7-3-1-5-15(17)16-6-2-4-8-18(16)19/h1-8,12,19,21H,9-11,13-14H2,(H,26,32)(H,30,31). The van der Waals surface area contributed by atoms with Crippen molar-refractivity contribution in [2.24, 2.45) is 0 Å². The second-order valence-electron chi connectivity index (χ2n) is 8.26. The van der Waals surface area contributed by atoms with E-state index in [0.29, 0.717) is 29.6 Å². The molecular weight excluding hydrogens is 486 g/mol. The lowest BCUT2D eigenvalue weighted by Crippen LogP contribution is -2.41. The lowest BCUT2D eigenvalue weighted by atomic mass is 9.98. The molecule has 3 aromatic rings. The Kier molecular flexibility index (Phi) is 6.74. The minimum absolute atomic E-state index is 0.000868. The van der Waals surface area contributed by atoms with Gasteiger partial charge in [-0.3, -0.25) is 4.79 Å². The number of hydrogen-bond acceptors (Lipinski definition) is 7. The number of nitrogens with one attached hydrogen (secondary N) is 1. The number of rotatable bonds is 7. The molecule has 0 bridgehead atoms. The van der Waals surface area contributed by atoms with Gasteiger partial charge >= 0.3 is 12.1 Å². The van der Waals surface area contributed by atoms with E-state index in [2.05, 4.69) is 34.6 Å². The van der Waals surface area contributed by atoms with Gasteiger partial charge in [-0.1, -0.05) is 48.5 Å². The van der Waals surface area contributed by atoms with Crippen molar-refractivity contribution in [3.8, 4) is 11.1 Å². The number of aromatic nitrogens is 1. The molecule has 35 heavy (non-hydrogen) atoms. The first-order chi connectivity index (χ1) is 17.0. The number of ether oxygens (including phenoxy) is 1. The highest BCUT2D eigenvalue weighted by Gasteiger charge is 2.36. The number of carboxylic acid groups (broad SMARTS) is 1. The van der Waals surface area contributed by atoms with Gasteiger partial charge in [-0.05, 0) is 22.3 Å². The first-order valence-electron chi connectivity index (χ1n) is 11.2. The maximum absolute atomic E-state index is 12.6. The fourth-order valence-corrected chi connectivity index (χ4v) is 6.36. The molecule has 180 valence electrons. The van der Waals surface area contributed by atoms with Crippen molar-refractivity contribution in [1.29, 1.82) is 0 Å². The van der Waals surface area contributed by atoms with E-state index in [4.69, 9.17) is 4.74 Å². The molecule has 2 amide bonds. The number of thioether (sulfide) groups is 1. The smallest absolute Gasteiger partial charge is 0.407 e. The molecule has 1 unspecified atom stereocenters. The summed E-state index contributed by atoms with van der Waals surface area (Å²) < 4.78 is 5.54. The van der Waals surface area contributed by atoms with E-state index in [0.717, 1.165) is 11.1 Å². The average Bonchev–Trinajstić information content (AvgIpc) is 3.60. The maximum Gasteiger partial charge on any atom is 0.407 e. The summed E-state index contributed by atoms with van der Waals surface area (Å²) in [5.41, 5.74) is 4.90. The topological polar surface area (TPSA) is 109 Å². The summed E-state index contributed by atoms with van der Waals surface area (Å²) in [5, 5.41) is 14.4. The molecule has 2 aliphatic rings. The molecular formula is C25H23N3O5S2. The zero-order valence-electron chi connectivity index (χ0n) is 18.7. The number of hydrogen-bond donors (Lipinski definition) is 2. The van der Waals surface area contributed by atoms with Gasteiger partial charge in [0.25, 0.3) is 5.91 Å². The molecule has 0 radical (unpaired) electrons. The minimum Gasteiger partial charge on any atom is -0.480 e. The summed E-state index contributed by atoms with van der Waals surface area (Å²) in [6, 6.07) is 15.5. The number of thiazole rings is 1. The van der Waals surface area contributed by atoms with Gasteiger partial charge in [0.05, 0.1) is 10.9 Å². The number of nitrogens with zero attached hydrogens (tertiary/aromatic N) is 2. The minimum atomic E-state index is -1.01. The summed E-state index contributed by atoms with van der Waals surface area (Å²) >= 11 is 2.72. The van der Waals surface area contributed by atoms with Crippen molar-refractivity contribution in [1.82, 2.24) is 15.2 Å². The summed E-state index contributed by atoms with van der Waals surface area (Å²) in [4.78, 5) is 42.0. The normalized spacial score (nSPS) is 16.6. The van der Waals surface area contributed by atoms with Crippen LogP contribution in [0, 0.1) is 0 Å². The van der Waals surface area contributed by atoms with Gasteiger partial charge in [0.15, 0.2) is 0 Å². The Bertz CT molecular complexity index is 1230. The van der Waals surface area contributed by atoms with Crippen LogP contribution in [0.15, 0.2) is 53.9 Å². The highest BCUT2D eigenvalue weighted by atomic mass is 32.2. The van der Waals surface area contributed by atoms with Crippen LogP contribution in [0.25, 0.3) is 11.1 Å². The number of carbonyl (C=O) groups is 3. The molecule has 2 heterocycles. The Hall–Kier alpha value is -3.37. The van der Waals surface area contributed by atoms with Crippen LogP contribution >= 0.6 is 23.1 Å². The number of benzene rings is 2. The zero-order chi connectivity index (χ0) is 24.4. The number of fused-ring (bicyclic) bond motifs is 3. The third kappa shape index (κ3) is 4.76. The Morgan fingerprint density at radius 3 is 2.46 bits per heavy atom. The van der Waals surface area contributed by atoms with Crippen LogP contribution in [-0.2, 0) is 16.0 Å². The molecule has 5 rings (SSSR count). The number of carboxylic acids is 1. The first-order valence-corrected chi connectivity index (χ1v) is 13.2. The lowest BCUT2D eigenvalue weighted by Gasteiger charge is -2.19. The second kappa shape index (κ2) is 10.1. The van der Waals surface area contributed by atoms with E-state index in [1.54, 1.807) is 5.38 Å². The monoisotopic (exact) mass is 509 g/mol. The molecule has 1 aromatic heterocycles. The van der Waals surface area contributed by atoms with Crippen molar-refractivity contribution in [2.45, 2.75) is 18.4 Å². The highest BCUT2D eigenvalue weighted by molar-refractivity contribution is 7.99. The van der Waals surface area contributed by atoms with Crippen molar-refractivity contribution < 1.29 is 24.2 Å². The molecule has 0 spiro atoms. The lowest BCUT2D eigenvalue weighted by molar-refractivity contribution is -0.140. The van der Waals surface area contributed by atoms with Crippen LogP contribution in [0.5, 0.6) is 0 Å². The van der Waals surface area contributed by atoms with Crippen LogP contribution in [-0.4, -0.2) is 63.8 Å². The van der Waals surface area contributed by atoms with Gasteiger partial charge < -0.3 is 20.1 Å².